The Hall–Kier alpha value is -1.52. The van der Waals surface area contributed by atoms with Gasteiger partial charge in [0.05, 0.1) is 6.33 Å². The molecule has 1 amide bonds. The van der Waals surface area contributed by atoms with Crippen LogP contribution in [0.5, 0.6) is 0 Å². The molecule has 1 N–H and O–H groups in total. The molecule has 1 aliphatic carbocycles. The van der Waals surface area contributed by atoms with E-state index in [2.05, 4.69) is 21.8 Å². The van der Waals surface area contributed by atoms with E-state index in [4.69, 9.17) is 4.74 Å². The van der Waals surface area contributed by atoms with Crippen molar-refractivity contribution in [1.29, 1.82) is 0 Å². The Morgan fingerprint density at radius 2 is 2.23 bits per heavy atom. The van der Waals surface area contributed by atoms with E-state index in [1.807, 2.05) is 33.3 Å². The second kappa shape index (κ2) is 7.16. The SMILES string of the molecule is CC1CCCC(n2cncc2CCNC(=O)OC(C)(C)C)C1. The third-order valence-corrected chi connectivity index (χ3v) is 4.10. The quantitative estimate of drug-likeness (QED) is 0.922. The van der Waals surface area contributed by atoms with Crippen LogP contribution in [0.4, 0.5) is 4.79 Å². The lowest BCUT2D eigenvalue weighted by molar-refractivity contribution is 0.0528. The summed E-state index contributed by atoms with van der Waals surface area (Å²) in [7, 11) is 0. The summed E-state index contributed by atoms with van der Waals surface area (Å²) in [5.41, 5.74) is 0.736. The van der Waals surface area contributed by atoms with Crippen molar-refractivity contribution in [2.75, 3.05) is 6.54 Å². The molecule has 124 valence electrons. The molecule has 0 spiro atoms. The van der Waals surface area contributed by atoms with Gasteiger partial charge in [-0.2, -0.15) is 0 Å². The van der Waals surface area contributed by atoms with E-state index in [1.54, 1.807) is 0 Å². The van der Waals surface area contributed by atoms with Crippen LogP contribution in [0.15, 0.2) is 12.5 Å². The molecule has 1 aromatic rings. The number of nitrogens with one attached hydrogen (secondary N) is 1. The van der Waals surface area contributed by atoms with Gasteiger partial charge >= 0.3 is 6.09 Å². The fourth-order valence-electron chi connectivity index (χ4n) is 3.12. The average Bonchev–Trinajstić information content (AvgIpc) is 2.85. The zero-order valence-corrected chi connectivity index (χ0v) is 14.3. The number of hydrogen-bond acceptors (Lipinski definition) is 3. The normalized spacial score (nSPS) is 22.4. The van der Waals surface area contributed by atoms with E-state index < -0.39 is 5.60 Å². The first-order valence-electron chi connectivity index (χ1n) is 8.32. The molecule has 2 atom stereocenters. The number of amides is 1. The van der Waals surface area contributed by atoms with Gasteiger partial charge in [-0.25, -0.2) is 9.78 Å². The molecule has 1 saturated carbocycles. The molecule has 0 bridgehead atoms. The second-order valence-electron chi connectivity index (χ2n) is 7.40. The summed E-state index contributed by atoms with van der Waals surface area (Å²) in [6, 6.07) is 0.558. The largest absolute Gasteiger partial charge is 0.444 e. The summed E-state index contributed by atoms with van der Waals surface area (Å²) in [4.78, 5) is 16.0. The zero-order chi connectivity index (χ0) is 16.2. The van der Waals surface area contributed by atoms with Crippen LogP contribution in [0.1, 0.15) is 65.1 Å². The van der Waals surface area contributed by atoms with Crippen LogP contribution in [0.25, 0.3) is 0 Å². The van der Waals surface area contributed by atoms with Gasteiger partial charge in [-0.3, -0.25) is 0 Å². The minimum Gasteiger partial charge on any atom is -0.444 e. The Labute approximate surface area is 133 Å². The molecular weight excluding hydrogens is 278 g/mol. The molecule has 1 aliphatic rings. The molecule has 1 heterocycles. The van der Waals surface area contributed by atoms with Crippen molar-refractivity contribution in [3.05, 3.63) is 18.2 Å². The van der Waals surface area contributed by atoms with Gasteiger partial charge in [-0.1, -0.05) is 19.8 Å². The first-order valence-corrected chi connectivity index (χ1v) is 8.32. The van der Waals surface area contributed by atoms with Crippen molar-refractivity contribution in [1.82, 2.24) is 14.9 Å². The molecule has 0 aromatic carbocycles. The molecule has 1 aromatic heterocycles. The molecule has 5 heteroatoms. The van der Waals surface area contributed by atoms with Crippen LogP contribution in [0.2, 0.25) is 0 Å². The van der Waals surface area contributed by atoms with E-state index in [0.717, 1.165) is 12.3 Å². The molecule has 1 fully saturated rings. The van der Waals surface area contributed by atoms with Crippen LogP contribution in [-0.4, -0.2) is 27.8 Å². The highest BCUT2D eigenvalue weighted by atomic mass is 16.6. The monoisotopic (exact) mass is 307 g/mol. The number of nitrogens with zero attached hydrogens (tertiary/aromatic N) is 2. The van der Waals surface area contributed by atoms with Crippen molar-refractivity contribution < 1.29 is 9.53 Å². The number of hydrogen-bond donors (Lipinski definition) is 1. The van der Waals surface area contributed by atoms with Crippen molar-refractivity contribution in [2.45, 2.75) is 71.4 Å². The Kier molecular flexibility index (Phi) is 5.48. The van der Waals surface area contributed by atoms with Crippen molar-refractivity contribution in [3.8, 4) is 0 Å². The number of rotatable bonds is 4. The maximum Gasteiger partial charge on any atom is 0.407 e. The third kappa shape index (κ3) is 5.04. The Bertz CT molecular complexity index is 490. The van der Waals surface area contributed by atoms with Gasteiger partial charge in [-0.05, 0) is 39.5 Å². The lowest BCUT2D eigenvalue weighted by atomic mass is 9.87. The van der Waals surface area contributed by atoms with E-state index in [9.17, 15) is 4.79 Å². The van der Waals surface area contributed by atoms with E-state index >= 15 is 0 Å². The Morgan fingerprint density at radius 3 is 2.91 bits per heavy atom. The Balaban J connectivity index is 1.84. The minimum absolute atomic E-state index is 0.357. The molecular formula is C17H29N3O2. The first kappa shape index (κ1) is 16.8. The van der Waals surface area contributed by atoms with E-state index in [-0.39, 0.29) is 6.09 Å². The van der Waals surface area contributed by atoms with Gasteiger partial charge in [-0.15, -0.1) is 0 Å². The summed E-state index contributed by atoms with van der Waals surface area (Å²) >= 11 is 0. The molecule has 0 radical (unpaired) electrons. The molecule has 0 saturated heterocycles. The van der Waals surface area contributed by atoms with Crippen molar-refractivity contribution in [2.24, 2.45) is 5.92 Å². The smallest absolute Gasteiger partial charge is 0.407 e. The zero-order valence-electron chi connectivity index (χ0n) is 14.3. The van der Waals surface area contributed by atoms with Gasteiger partial charge in [0.25, 0.3) is 0 Å². The molecule has 2 unspecified atom stereocenters. The lowest BCUT2D eigenvalue weighted by Gasteiger charge is -2.29. The van der Waals surface area contributed by atoms with Crippen molar-refractivity contribution in [3.63, 3.8) is 0 Å². The third-order valence-electron chi connectivity index (χ3n) is 4.10. The van der Waals surface area contributed by atoms with Gasteiger partial charge in [0.1, 0.15) is 5.60 Å². The highest BCUT2D eigenvalue weighted by Gasteiger charge is 2.22. The van der Waals surface area contributed by atoms with Crippen LogP contribution in [0.3, 0.4) is 0 Å². The second-order valence-corrected chi connectivity index (χ2v) is 7.40. The van der Waals surface area contributed by atoms with Crippen LogP contribution >= 0.6 is 0 Å². The molecule has 22 heavy (non-hydrogen) atoms. The molecule has 5 nitrogen and oxygen atoms in total. The fraction of sp³-hybridized carbons (Fsp3) is 0.765. The molecule has 0 aliphatic heterocycles. The predicted octanol–water partition coefficient (Wildman–Crippen LogP) is 3.70. The van der Waals surface area contributed by atoms with Crippen LogP contribution < -0.4 is 5.32 Å². The van der Waals surface area contributed by atoms with Gasteiger partial charge < -0.3 is 14.6 Å². The molecule has 2 rings (SSSR count). The van der Waals surface area contributed by atoms with E-state index in [0.29, 0.717) is 12.6 Å². The number of carbonyl (C=O) groups excluding carboxylic acids is 1. The van der Waals surface area contributed by atoms with Crippen LogP contribution in [-0.2, 0) is 11.2 Å². The topological polar surface area (TPSA) is 56.2 Å². The van der Waals surface area contributed by atoms with E-state index in [1.165, 1.54) is 31.4 Å². The minimum atomic E-state index is -0.454. The van der Waals surface area contributed by atoms with Crippen LogP contribution in [0, 0.1) is 5.92 Å². The maximum absolute atomic E-state index is 11.7. The number of carbonyl (C=O) groups is 1. The fourth-order valence-corrected chi connectivity index (χ4v) is 3.12. The number of aromatic nitrogens is 2. The number of ether oxygens (including phenoxy) is 1. The van der Waals surface area contributed by atoms with Crippen molar-refractivity contribution >= 4 is 6.09 Å². The summed E-state index contributed by atoms with van der Waals surface area (Å²) in [6.07, 6.45) is 9.35. The lowest BCUT2D eigenvalue weighted by Crippen LogP contribution is -2.33. The number of alkyl carbamates (subject to hydrolysis) is 1. The van der Waals surface area contributed by atoms with Gasteiger partial charge in [0, 0.05) is 30.9 Å². The first-order chi connectivity index (χ1) is 10.3. The predicted molar refractivity (Wildman–Crippen MR) is 86.8 cm³/mol. The van der Waals surface area contributed by atoms with Gasteiger partial charge in [0.2, 0.25) is 0 Å². The highest BCUT2D eigenvalue weighted by molar-refractivity contribution is 5.67. The number of imidazole rings is 1. The summed E-state index contributed by atoms with van der Waals surface area (Å²) in [5.74, 6) is 0.786. The summed E-state index contributed by atoms with van der Waals surface area (Å²) in [5, 5.41) is 2.81. The average molecular weight is 307 g/mol. The standard InChI is InChI=1S/C17H29N3O2/c1-13-6-5-7-14(10-13)20-12-18-11-15(20)8-9-19-16(21)22-17(2,3)4/h11-14H,5-10H2,1-4H3,(H,19,21). The maximum atomic E-state index is 11.7. The summed E-state index contributed by atoms with van der Waals surface area (Å²) in [6.45, 7) is 8.50. The highest BCUT2D eigenvalue weighted by Crippen LogP contribution is 2.32. The summed E-state index contributed by atoms with van der Waals surface area (Å²) < 4.78 is 7.54. The van der Waals surface area contributed by atoms with Gasteiger partial charge in [0.15, 0.2) is 0 Å². The Morgan fingerprint density at radius 1 is 1.45 bits per heavy atom.